The molecular formula is C18H21BrClN3O3. The Balaban J connectivity index is 0.00000243. The molecule has 1 aliphatic rings. The van der Waals surface area contributed by atoms with Gasteiger partial charge in [-0.05, 0) is 24.3 Å². The lowest BCUT2D eigenvalue weighted by molar-refractivity contribution is 0.208. The molecule has 1 heterocycles. The van der Waals surface area contributed by atoms with Gasteiger partial charge in [0.15, 0.2) is 11.5 Å². The second kappa shape index (κ2) is 9.00. The Morgan fingerprint density at radius 2 is 1.81 bits per heavy atom. The summed E-state index contributed by atoms with van der Waals surface area (Å²) in [5.74, 6) is 0.543. The number of benzene rings is 2. The van der Waals surface area contributed by atoms with Crippen LogP contribution in [0.25, 0.3) is 0 Å². The topological polar surface area (TPSA) is 65.0 Å². The number of para-hydroxylation sites is 1. The highest BCUT2D eigenvalue weighted by Gasteiger charge is 2.24. The summed E-state index contributed by atoms with van der Waals surface area (Å²) < 4.78 is 6.04. The number of piperazine rings is 1. The van der Waals surface area contributed by atoms with Crippen molar-refractivity contribution in [3.63, 3.8) is 0 Å². The van der Waals surface area contributed by atoms with E-state index in [1.54, 1.807) is 11.0 Å². The number of halogens is 2. The van der Waals surface area contributed by atoms with E-state index in [2.05, 4.69) is 26.1 Å². The quantitative estimate of drug-likeness (QED) is 0.756. The molecule has 0 aromatic heterocycles. The first kappa shape index (κ1) is 20.2. The molecule has 0 saturated carbocycles. The molecule has 3 rings (SSSR count). The van der Waals surface area contributed by atoms with Gasteiger partial charge < -0.3 is 25.0 Å². The molecule has 0 unspecified atom stereocenters. The second-order valence-corrected chi connectivity index (χ2v) is 6.66. The first-order chi connectivity index (χ1) is 12.1. The van der Waals surface area contributed by atoms with Gasteiger partial charge in [-0.3, -0.25) is 0 Å². The number of ether oxygens (including phenoxy) is 1. The van der Waals surface area contributed by atoms with Gasteiger partial charge in [-0.1, -0.05) is 34.1 Å². The van der Waals surface area contributed by atoms with Crippen LogP contribution < -0.4 is 15.0 Å². The third-order valence-electron chi connectivity index (χ3n) is 4.17. The molecular weight excluding hydrogens is 422 g/mol. The van der Waals surface area contributed by atoms with Crippen LogP contribution in [0.3, 0.4) is 0 Å². The molecule has 1 fully saturated rings. The van der Waals surface area contributed by atoms with Crippen molar-refractivity contribution in [2.75, 3.05) is 43.5 Å². The molecule has 2 aromatic rings. The molecule has 2 amide bonds. The zero-order valence-electron chi connectivity index (χ0n) is 14.3. The molecule has 1 aliphatic heterocycles. The van der Waals surface area contributed by atoms with Crippen LogP contribution in [-0.4, -0.2) is 49.3 Å². The number of hydrogen-bond acceptors (Lipinski definition) is 4. The van der Waals surface area contributed by atoms with Crippen molar-refractivity contribution in [2.45, 2.75) is 0 Å². The predicted octanol–water partition coefficient (Wildman–Crippen LogP) is 3.94. The molecule has 0 aliphatic carbocycles. The molecule has 26 heavy (non-hydrogen) atoms. The van der Waals surface area contributed by atoms with Gasteiger partial charge in [-0.25, -0.2) is 4.79 Å². The van der Waals surface area contributed by atoms with Gasteiger partial charge in [0.2, 0.25) is 0 Å². The Morgan fingerprint density at radius 3 is 2.42 bits per heavy atom. The van der Waals surface area contributed by atoms with Crippen LogP contribution in [0.1, 0.15) is 0 Å². The highest BCUT2D eigenvalue weighted by Crippen LogP contribution is 2.39. The number of amides is 2. The molecule has 2 aromatic carbocycles. The maximum absolute atomic E-state index is 12.4. The zero-order chi connectivity index (χ0) is 17.8. The van der Waals surface area contributed by atoms with Crippen LogP contribution >= 0.6 is 28.3 Å². The smallest absolute Gasteiger partial charge is 0.321 e. The van der Waals surface area contributed by atoms with E-state index in [0.717, 1.165) is 10.2 Å². The number of phenolic OH excluding ortho intramolecular Hbond substituents is 1. The minimum atomic E-state index is -0.109. The van der Waals surface area contributed by atoms with Crippen molar-refractivity contribution >= 4 is 45.7 Å². The lowest BCUT2D eigenvalue weighted by Crippen LogP contribution is -2.50. The van der Waals surface area contributed by atoms with Gasteiger partial charge in [-0.15, -0.1) is 12.4 Å². The number of hydrogen-bond donors (Lipinski definition) is 2. The molecule has 0 atom stereocenters. The maximum atomic E-state index is 12.4. The minimum Gasteiger partial charge on any atom is -0.503 e. The fourth-order valence-corrected chi connectivity index (χ4v) is 3.26. The largest absolute Gasteiger partial charge is 0.503 e. The van der Waals surface area contributed by atoms with Crippen molar-refractivity contribution in [3.05, 3.63) is 46.9 Å². The van der Waals surface area contributed by atoms with Gasteiger partial charge in [0.05, 0.1) is 12.8 Å². The number of aromatic hydroxyl groups is 1. The molecule has 140 valence electrons. The van der Waals surface area contributed by atoms with Crippen molar-refractivity contribution in [3.8, 4) is 11.5 Å². The number of carbonyl (C=O) groups excluding carboxylic acids is 1. The van der Waals surface area contributed by atoms with E-state index in [0.29, 0.717) is 37.6 Å². The Labute approximate surface area is 167 Å². The SMILES string of the molecule is COc1cc(Br)cc(N2CCN(C(=O)Nc3ccccc3)CC2)c1O.Cl. The fourth-order valence-electron chi connectivity index (χ4n) is 2.83. The van der Waals surface area contributed by atoms with E-state index >= 15 is 0 Å². The number of phenols is 1. The van der Waals surface area contributed by atoms with Crippen molar-refractivity contribution in [2.24, 2.45) is 0 Å². The summed E-state index contributed by atoms with van der Waals surface area (Å²) in [5, 5.41) is 13.3. The highest BCUT2D eigenvalue weighted by molar-refractivity contribution is 9.10. The Morgan fingerprint density at radius 1 is 1.15 bits per heavy atom. The molecule has 1 saturated heterocycles. The zero-order valence-corrected chi connectivity index (χ0v) is 16.7. The Hall–Kier alpha value is -2.12. The van der Waals surface area contributed by atoms with Crippen LogP contribution in [0.2, 0.25) is 0 Å². The average molecular weight is 443 g/mol. The van der Waals surface area contributed by atoms with Crippen LogP contribution in [0.15, 0.2) is 46.9 Å². The van der Waals surface area contributed by atoms with Gasteiger partial charge >= 0.3 is 6.03 Å². The van der Waals surface area contributed by atoms with Gasteiger partial charge in [0.1, 0.15) is 0 Å². The summed E-state index contributed by atoms with van der Waals surface area (Å²) in [6, 6.07) is 12.9. The molecule has 6 nitrogen and oxygen atoms in total. The van der Waals surface area contributed by atoms with Crippen LogP contribution in [0.5, 0.6) is 11.5 Å². The van der Waals surface area contributed by atoms with E-state index in [9.17, 15) is 9.90 Å². The van der Waals surface area contributed by atoms with E-state index < -0.39 is 0 Å². The standard InChI is InChI=1S/C18H20BrN3O3.ClH/c1-25-16-12-13(19)11-15(17(16)23)21-7-9-22(10-8-21)18(24)20-14-5-3-2-4-6-14;/h2-6,11-12,23H,7-10H2,1H3,(H,20,24);1H. The summed E-state index contributed by atoms with van der Waals surface area (Å²) in [4.78, 5) is 16.2. The van der Waals surface area contributed by atoms with Gasteiger partial charge in [0, 0.05) is 36.3 Å². The normalized spacial score (nSPS) is 13.8. The predicted molar refractivity (Wildman–Crippen MR) is 109 cm³/mol. The maximum Gasteiger partial charge on any atom is 0.321 e. The number of anilines is 2. The van der Waals surface area contributed by atoms with E-state index in [1.165, 1.54) is 7.11 Å². The fraction of sp³-hybridized carbons (Fsp3) is 0.278. The van der Waals surface area contributed by atoms with Crippen LogP contribution in [0, 0.1) is 0 Å². The van der Waals surface area contributed by atoms with Crippen LogP contribution in [0.4, 0.5) is 16.2 Å². The summed E-state index contributed by atoms with van der Waals surface area (Å²) in [6.07, 6.45) is 0. The van der Waals surface area contributed by atoms with E-state index in [1.807, 2.05) is 36.4 Å². The summed E-state index contributed by atoms with van der Waals surface area (Å²) in [7, 11) is 1.52. The van der Waals surface area contributed by atoms with Crippen molar-refractivity contribution in [1.82, 2.24) is 4.90 Å². The van der Waals surface area contributed by atoms with Gasteiger partial charge in [-0.2, -0.15) is 0 Å². The number of nitrogens with one attached hydrogen (secondary N) is 1. The lowest BCUT2D eigenvalue weighted by Gasteiger charge is -2.36. The second-order valence-electron chi connectivity index (χ2n) is 5.75. The lowest BCUT2D eigenvalue weighted by atomic mass is 10.2. The minimum absolute atomic E-state index is 0. The molecule has 0 bridgehead atoms. The highest BCUT2D eigenvalue weighted by atomic mass is 79.9. The number of rotatable bonds is 3. The third kappa shape index (κ3) is 4.53. The number of nitrogens with zero attached hydrogens (tertiary/aromatic N) is 2. The number of carbonyl (C=O) groups is 1. The molecule has 0 spiro atoms. The summed E-state index contributed by atoms with van der Waals surface area (Å²) in [6.45, 7) is 2.42. The summed E-state index contributed by atoms with van der Waals surface area (Å²) in [5.41, 5.74) is 1.48. The van der Waals surface area contributed by atoms with Crippen LogP contribution in [-0.2, 0) is 0 Å². The number of methoxy groups -OCH3 is 1. The van der Waals surface area contributed by atoms with Crippen molar-refractivity contribution in [1.29, 1.82) is 0 Å². The summed E-state index contributed by atoms with van der Waals surface area (Å²) >= 11 is 3.43. The van der Waals surface area contributed by atoms with Gasteiger partial charge in [0.25, 0.3) is 0 Å². The average Bonchev–Trinajstić information content (AvgIpc) is 2.64. The number of urea groups is 1. The third-order valence-corrected chi connectivity index (χ3v) is 4.63. The molecule has 2 N–H and O–H groups in total. The first-order valence-corrected chi connectivity index (χ1v) is 8.80. The Kier molecular flexibility index (Phi) is 6.99. The van der Waals surface area contributed by atoms with E-state index in [4.69, 9.17) is 4.74 Å². The first-order valence-electron chi connectivity index (χ1n) is 8.01. The van der Waals surface area contributed by atoms with E-state index in [-0.39, 0.29) is 24.2 Å². The van der Waals surface area contributed by atoms with Crippen molar-refractivity contribution < 1.29 is 14.6 Å². The monoisotopic (exact) mass is 441 g/mol. The molecule has 0 radical (unpaired) electrons. The molecule has 8 heteroatoms. The Bertz CT molecular complexity index is 753.